The van der Waals surface area contributed by atoms with E-state index in [1.54, 1.807) is 7.11 Å². The first-order valence-corrected chi connectivity index (χ1v) is 6.36. The van der Waals surface area contributed by atoms with Gasteiger partial charge in [-0.25, -0.2) is 0 Å². The lowest BCUT2D eigenvalue weighted by Crippen LogP contribution is -2.34. The van der Waals surface area contributed by atoms with E-state index in [4.69, 9.17) is 4.74 Å². The van der Waals surface area contributed by atoms with Crippen LogP contribution >= 0.6 is 0 Å². The summed E-state index contributed by atoms with van der Waals surface area (Å²) in [5.41, 5.74) is 1.11. The van der Waals surface area contributed by atoms with Crippen LogP contribution < -0.4 is 15.4 Å². The van der Waals surface area contributed by atoms with Crippen molar-refractivity contribution in [1.82, 2.24) is 10.6 Å². The fraction of sp³-hybridized carbons (Fsp3) is 0.500. The molecule has 1 amide bonds. The number of methoxy groups -OCH3 is 1. The van der Waals surface area contributed by atoms with Gasteiger partial charge in [0.15, 0.2) is 0 Å². The van der Waals surface area contributed by atoms with Crippen molar-refractivity contribution in [3.8, 4) is 5.75 Å². The lowest BCUT2D eigenvalue weighted by atomic mass is 10.2. The Balaban J connectivity index is 2.22. The maximum absolute atomic E-state index is 11.4. The average Bonchev–Trinajstić information content (AvgIpc) is 2.39. The van der Waals surface area contributed by atoms with E-state index >= 15 is 0 Å². The van der Waals surface area contributed by atoms with Crippen molar-refractivity contribution < 1.29 is 9.53 Å². The van der Waals surface area contributed by atoms with Crippen molar-refractivity contribution in [3.63, 3.8) is 0 Å². The summed E-state index contributed by atoms with van der Waals surface area (Å²) in [7, 11) is 1.65. The zero-order chi connectivity index (χ0) is 13.2. The fourth-order valence-electron chi connectivity index (χ4n) is 1.57. The summed E-state index contributed by atoms with van der Waals surface area (Å²) in [5, 5.41) is 5.98. The predicted molar refractivity (Wildman–Crippen MR) is 72.6 cm³/mol. The molecule has 4 heteroatoms. The van der Waals surface area contributed by atoms with E-state index in [0.717, 1.165) is 30.7 Å². The number of carbonyl (C=O) groups excluding carboxylic acids is 1. The Kier molecular flexibility index (Phi) is 6.87. The summed E-state index contributed by atoms with van der Waals surface area (Å²) in [6, 6.07) is 7.81. The minimum Gasteiger partial charge on any atom is -0.497 e. The number of benzene rings is 1. The number of nitrogens with one attached hydrogen (secondary N) is 2. The number of carbonyl (C=O) groups is 1. The molecule has 0 spiro atoms. The first-order valence-electron chi connectivity index (χ1n) is 6.36. The molecule has 100 valence electrons. The Morgan fingerprint density at radius 1 is 1.39 bits per heavy atom. The molecule has 0 aliphatic carbocycles. The lowest BCUT2D eigenvalue weighted by Gasteiger charge is -2.07. The Hall–Kier alpha value is -1.55. The second-order valence-electron chi connectivity index (χ2n) is 4.16. The smallest absolute Gasteiger partial charge is 0.233 e. The van der Waals surface area contributed by atoms with Crippen LogP contribution in [0.3, 0.4) is 0 Å². The highest BCUT2D eigenvalue weighted by molar-refractivity contribution is 5.77. The van der Waals surface area contributed by atoms with Gasteiger partial charge in [-0.2, -0.15) is 0 Å². The summed E-state index contributed by atoms with van der Waals surface area (Å²) in [4.78, 5) is 11.4. The van der Waals surface area contributed by atoms with Crippen LogP contribution in [0.15, 0.2) is 24.3 Å². The number of hydrogen-bond acceptors (Lipinski definition) is 3. The topological polar surface area (TPSA) is 50.4 Å². The Labute approximate surface area is 109 Å². The van der Waals surface area contributed by atoms with Crippen LogP contribution in [0.4, 0.5) is 0 Å². The molecule has 0 saturated carbocycles. The predicted octanol–water partition coefficient (Wildman–Crippen LogP) is 1.70. The van der Waals surface area contributed by atoms with Gasteiger partial charge in [0.25, 0.3) is 0 Å². The monoisotopic (exact) mass is 250 g/mol. The van der Waals surface area contributed by atoms with Gasteiger partial charge in [0, 0.05) is 13.1 Å². The largest absolute Gasteiger partial charge is 0.497 e. The highest BCUT2D eigenvalue weighted by Gasteiger charge is 2.00. The quantitative estimate of drug-likeness (QED) is 0.690. The summed E-state index contributed by atoms with van der Waals surface area (Å²) >= 11 is 0. The van der Waals surface area contributed by atoms with E-state index in [1.165, 1.54) is 0 Å². The van der Waals surface area contributed by atoms with E-state index in [0.29, 0.717) is 13.1 Å². The summed E-state index contributed by atoms with van der Waals surface area (Å²) in [6.07, 6.45) is 2.12. The molecule has 1 aromatic rings. The second-order valence-corrected chi connectivity index (χ2v) is 4.16. The third-order valence-corrected chi connectivity index (χ3v) is 2.60. The SMILES string of the molecule is CCCCNC(=O)CNCc1cccc(OC)c1. The van der Waals surface area contributed by atoms with Crippen molar-refractivity contribution in [2.45, 2.75) is 26.3 Å². The van der Waals surface area contributed by atoms with Crippen molar-refractivity contribution in [2.24, 2.45) is 0 Å². The molecule has 18 heavy (non-hydrogen) atoms. The van der Waals surface area contributed by atoms with Gasteiger partial charge in [0.2, 0.25) is 5.91 Å². The number of unbranched alkanes of at least 4 members (excludes halogenated alkanes) is 1. The minimum atomic E-state index is 0.0475. The van der Waals surface area contributed by atoms with Crippen LogP contribution in [-0.2, 0) is 11.3 Å². The molecule has 0 bridgehead atoms. The summed E-state index contributed by atoms with van der Waals surface area (Å²) < 4.78 is 5.14. The summed E-state index contributed by atoms with van der Waals surface area (Å²) in [5.74, 6) is 0.882. The standard InChI is InChI=1S/C14H22N2O2/c1-3-4-8-16-14(17)11-15-10-12-6-5-7-13(9-12)18-2/h5-7,9,15H,3-4,8,10-11H2,1-2H3,(H,16,17). The van der Waals surface area contributed by atoms with Crippen molar-refractivity contribution in [2.75, 3.05) is 20.2 Å². The fourth-order valence-corrected chi connectivity index (χ4v) is 1.57. The third-order valence-electron chi connectivity index (χ3n) is 2.60. The highest BCUT2D eigenvalue weighted by atomic mass is 16.5. The van der Waals surface area contributed by atoms with E-state index in [1.807, 2.05) is 24.3 Å². The van der Waals surface area contributed by atoms with Crippen LogP contribution in [0.25, 0.3) is 0 Å². The highest BCUT2D eigenvalue weighted by Crippen LogP contribution is 2.11. The maximum Gasteiger partial charge on any atom is 0.233 e. The molecule has 0 unspecified atom stereocenters. The van der Waals surface area contributed by atoms with Crippen LogP contribution in [0.2, 0.25) is 0 Å². The molecule has 0 aliphatic heterocycles. The maximum atomic E-state index is 11.4. The first kappa shape index (κ1) is 14.5. The average molecular weight is 250 g/mol. The van der Waals surface area contributed by atoms with Crippen LogP contribution in [0.1, 0.15) is 25.3 Å². The molecule has 0 heterocycles. The third kappa shape index (κ3) is 5.68. The number of hydrogen-bond donors (Lipinski definition) is 2. The van der Waals surface area contributed by atoms with Gasteiger partial charge in [0.1, 0.15) is 5.75 Å². The zero-order valence-electron chi connectivity index (χ0n) is 11.2. The molecule has 0 aliphatic rings. The Bertz CT molecular complexity index is 367. The van der Waals surface area contributed by atoms with Gasteiger partial charge in [-0.1, -0.05) is 25.5 Å². The van der Waals surface area contributed by atoms with Crippen molar-refractivity contribution >= 4 is 5.91 Å². The zero-order valence-corrected chi connectivity index (χ0v) is 11.2. The molecule has 0 atom stereocenters. The van der Waals surface area contributed by atoms with Crippen LogP contribution in [0, 0.1) is 0 Å². The van der Waals surface area contributed by atoms with Crippen LogP contribution in [-0.4, -0.2) is 26.1 Å². The molecule has 0 aromatic heterocycles. The molecule has 4 nitrogen and oxygen atoms in total. The molecule has 1 aromatic carbocycles. The van der Waals surface area contributed by atoms with Gasteiger partial charge in [-0.15, -0.1) is 0 Å². The molecular weight excluding hydrogens is 228 g/mol. The Morgan fingerprint density at radius 2 is 2.22 bits per heavy atom. The van der Waals surface area contributed by atoms with E-state index in [9.17, 15) is 4.79 Å². The van der Waals surface area contributed by atoms with Gasteiger partial charge >= 0.3 is 0 Å². The normalized spacial score (nSPS) is 10.1. The van der Waals surface area contributed by atoms with E-state index in [-0.39, 0.29) is 5.91 Å². The first-order chi connectivity index (χ1) is 8.76. The molecule has 0 radical (unpaired) electrons. The number of ether oxygens (including phenoxy) is 1. The lowest BCUT2D eigenvalue weighted by molar-refractivity contribution is -0.120. The van der Waals surface area contributed by atoms with Gasteiger partial charge in [-0.3, -0.25) is 4.79 Å². The molecule has 0 fully saturated rings. The molecule has 0 saturated heterocycles. The molecule has 1 rings (SSSR count). The van der Waals surface area contributed by atoms with Gasteiger partial charge in [-0.05, 0) is 24.1 Å². The summed E-state index contributed by atoms with van der Waals surface area (Å²) in [6.45, 7) is 3.88. The van der Waals surface area contributed by atoms with Gasteiger partial charge in [0.05, 0.1) is 13.7 Å². The van der Waals surface area contributed by atoms with Crippen LogP contribution in [0.5, 0.6) is 5.75 Å². The minimum absolute atomic E-state index is 0.0475. The second kappa shape index (κ2) is 8.53. The van der Waals surface area contributed by atoms with E-state index < -0.39 is 0 Å². The van der Waals surface area contributed by atoms with E-state index in [2.05, 4.69) is 17.6 Å². The van der Waals surface area contributed by atoms with Crippen molar-refractivity contribution in [3.05, 3.63) is 29.8 Å². The number of rotatable bonds is 8. The number of amides is 1. The molecule has 2 N–H and O–H groups in total. The van der Waals surface area contributed by atoms with Crippen molar-refractivity contribution in [1.29, 1.82) is 0 Å². The molecular formula is C14H22N2O2. The van der Waals surface area contributed by atoms with Gasteiger partial charge < -0.3 is 15.4 Å². The Morgan fingerprint density at radius 3 is 2.94 bits per heavy atom.